The van der Waals surface area contributed by atoms with Crippen molar-refractivity contribution in [2.24, 2.45) is 4.99 Å². The maximum Gasteiger partial charge on any atom is 0.419 e. The van der Waals surface area contributed by atoms with Gasteiger partial charge in [0.05, 0.1) is 30.5 Å². The number of hydrogen-bond acceptors (Lipinski definition) is 6. The van der Waals surface area contributed by atoms with Crippen LogP contribution in [0.15, 0.2) is 41.4 Å². The van der Waals surface area contributed by atoms with Crippen molar-refractivity contribution in [2.45, 2.75) is 19.9 Å². The van der Waals surface area contributed by atoms with Gasteiger partial charge in [-0.15, -0.1) is 0 Å². The molecule has 7 nitrogen and oxygen atoms in total. The molecule has 0 radical (unpaired) electrons. The van der Waals surface area contributed by atoms with E-state index in [1.165, 1.54) is 26.1 Å². The highest BCUT2D eigenvalue weighted by Crippen LogP contribution is 2.20. The van der Waals surface area contributed by atoms with E-state index in [9.17, 15) is 13.2 Å². The molecule has 1 aliphatic heterocycles. The highest BCUT2D eigenvalue weighted by Gasteiger charge is 2.20. The Morgan fingerprint density at radius 1 is 1.25 bits per heavy atom. The minimum atomic E-state index is -3.06. The third kappa shape index (κ3) is 6.64. The molecule has 0 aliphatic carbocycles. The lowest BCUT2D eigenvalue weighted by Gasteiger charge is -2.22. The van der Waals surface area contributed by atoms with Gasteiger partial charge in [-0.3, -0.25) is 14.8 Å². The molecular formula is C22H25I2N3O4S. The van der Waals surface area contributed by atoms with E-state index in [1.807, 2.05) is 43.3 Å². The summed E-state index contributed by atoms with van der Waals surface area (Å²) >= 11 is 3.66. The average molecular weight is 681 g/mol. The molecule has 172 valence electrons. The molecule has 1 heterocycles. The molecule has 32 heavy (non-hydrogen) atoms. The van der Waals surface area contributed by atoms with Crippen molar-refractivity contribution in [2.75, 3.05) is 37.3 Å². The third-order valence-corrected chi connectivity index (χ3v) is 7.97. The first-order valence-electron chi connectivity index (χ1n) is 10.2. The zero-order valence-corrected chi connectivity index (χ0v) is 23.1. The lowest BCUT2D eigenvalue weighted by molar-refractivity contribution is 0.208. The van der Waals surface area contributed by atoms with E-state index in [4.69, 9.17) is 4.74 Å². The Morgan fingerprint density at radius 3 is 2.62 bits per heavy atom. The Labute approximate surface area is 214 Å². The van der Waals surface area contributed by atoms with Crippen LogP contribution in [0.3, 0.4) is 0 Å². The molecular weight excluding hydrogens is 656 g/mol. The lowest BCUT2D eigenvalue weighted by atomic mass is 10.1. The van der Waals surface area contributed by atoms with Gasteiger partial charge in [-0.1, -0.05) is 31.2 Å². The minimum Gasteiger partial charge on any atom is -0.406 e. The maximum absolute atomic E-state index is 12.8. The smallest absolute Gasteiger partial charge is 0.406 e. The van der Waals surface area contributed by atoms with E-state index in [2.05, 4.69) is 38.6 Å². The summed E-state index contributed by atoms with van der Waals surface area (Å²) in [7, 11) is -1.38. The van der Waals surface area contributed by atoms with Crippen LogP contribution in [0.25, 0.3) is 6.08 Å². The predicted molar refractivity (Wildman–Crippen MR) is 144 cm³/mol. The maximum atomic E-state index is 12.8. The summed E-state index contributed by atoms with van der Waals surface area (Å²) in [5, 5.41) is 1.64. The number of carbonyl (C=O) groups excluding carboxylic acids is 1. The number of amides is 1. The van der Waals surface area contributed by atoms with Gasteiger partial charge in [0.15, 0.2) is 5.75 Å². The van der Waals surface area contributed by atoms with Crippen molar-refractivity contribution in [3.63, 3.8) is 0 Å². The molecule has 0 fully saturated rings. The quantitative estimate of drug-likeness (QED) is 0.316. The van der Waals surface area contributed by atoms with Gasteiger partial charge in [0.2, 0.25) is 7.01 Å². The van der Waals surface area contributed by atoms with Gasteiger partial charge in [0.1, 0.15) is 5.36 Å². The Balaban J connectivity index is 1.90. The van der Waals surface area contributed by atoms with Crippen LogP contribution in [0.5, 0.6) is 5.75 Å². The molecule has 0 bridgehead atoms. The summed E-state index contributed by atoms with van der Waals surface area (Å²) in [6.45, 7) is 4.44. The highest BCUT2D eigenvalue weighted by atomic mass is 127. The topological polar surface area (TPSA) is 79.3 Å². The van der Waals surface area contributed by atoms with Crippen LogP contribution in [0, 0.1) is 3.57 Å². The van der Waals surface area contributed by atoms with E-state index < -0.39 is 13.1 Å². The number of para-hydroxylation sites is 1. The molecule has 1 amide bonds. The number of benzene rings is 2. The summed E-state index contributed by atoms with van der Waals surface area (Å²) in [4.78, 5) is 21.1. The number of rotatable bonds is 8. The number of anilines is 1. The van der Waals surface area contributed by atoms with Crippen molar-refractivity contribution >= 4 is 68.7 Å². The SMILES string of the molecule is CCN(CCS(=O)(=O)I)Cc1cc(I)c(OC(=O)N(C)c2ccccc2)c2c1=CCCN=2. The zero-order valence-electron chi connectivity index (χ0n) is 17.9. The largest absolute Gasteiger partial charge is 0.419 e. The molecule has 0 atom stereocenters. The summed E-state index contributed by atoms with van der Waals surface area (Å²) in [6.07, 6.45) is 2.45. The fraction of sp³-hybridized carbons (Fsp3) is 0.364. The van der Waals surface area contributed by atoms with Crippen LogP contribution in [0.4, 0.5) is 10.5 Å². The fourth-order valence-electron chi connectivity index (χ4n) is 3.42. The molecule has 0 saturated carbocycles. The zero-order chi connectivity index (χ0) is 23.3. The first-order chi connectivity index (χ1) is 15.2. The molecule has 0 saturated heterocycles. The van der Waals surface area contributed by atoms with E-state index in [1.54, 1.807) is 7.05 Å². The lowest BCUT2D eigenvalue weighted by Crippen LogP contribution is -2.39. The first kappa shape index (κ1) is 25.4. The van der Waals surface area contributed by atoms with Crippen molar-refractivity contribution in [1.82, 2.24) is 4.90 Å². The number of ether oxygens (including phenoxy) is 1. The van der Waals surface area contributed by atoms with Crippen LogP contribution in [-0.4, -0.2) is 51.8 Å². The van der Waals surface area contributed by atoms with Crippen LogP contribution < -0.4 is 20.2 Å². The van der Waals surface area contributed by atoms with Crippen molar-refractivity contribution < 1.29 is 17.9 Å². The van der Waals surface area contributed by atoms with Crippen molar-refractivity contribution in [3.05, 3.63) is 56.1 Å². The number of carbonyl (C=O) groups is 1. The Bertz CT molecular complexity index is 1200. The van der Waals surface area contributed by atoms with E-state index in [0.29, 0.717) is 30.7 Å². The average Bonchev–Trinajstić information content (AvgIpc) is 2.78. The molecule has 0 N–H and O–H groups in total. The normalized spacial score (nSPS) is 13.2. The molecule has 1 aliphatic rings. The van der Waals surface area contributed by atoms with Gasteiger partial charge in [-0.05, 0) is 59.3 Å². The number of hydrogen-bond donors (Lipinski definition) is 0. The van der Waals surface area contributed by atoms with Gasteiger partial charge in [0, 0.05) is 37.6 Å². The second-order valence-electron chi connectivity index (χ2n) is 7.36. The Kier molecular flexibility index (Phi) is 8.92. The van der Waals surface area contributed by atoms with E-state index in [-0.39, 0.29) is 5.75 Å². The monoisotopic (exact) mass is 681 g/mol. The van der Waals surface area contributed by atoms with Crippen molar-refractivity contribution in [3.8, 4) is 5.75 Å². The molecule has 2 aromatic carbocycles. The molecule has 0 unspecified atom stereocenters. The summed E-state index contributed by atoms with van der Waals surface area (Å²) in [5.74, 6) is 0.571. The number of fused-ring (bicyclic) bond motifs is 1. The molecule has 0 spiro atoms. The van der Waals surface area contributed by atoms with Crippen molar-refractivity contribution in [1.29, 1.82) is 0 Å². The third-order valence-electron chi connectivity index (χ3n) is 5.18. The molecule has 10 heteroatoms. The Morgan fingerprint density at radius 2 is 1.97 bits per heavy atom. The number of halogens is 2. The van der Waals surface area contributed by atoms with Gasteiger partial charge >= 0.3 is 6.09 Å². The van der Waals surface area contributed by atoms with Crippen LogP contribution in [0.1, 0.15) is 18.9 Å². The van der Waals surface area contributed by atoms with Gasteiger partial charge in [0.25, 0.3) is 0 Å². The van der Waals surface area contributed by atoms with Crippen LogP contribution in [-0.2, 0) is 13.6 Å². The molecule has 3 rings (SSSR count). The number of nitrogens with zero attached hydrogens (tertiary/aromatic N) is 3. The van der Waals surface area contributed by atoms with E-state index >= 15 is 0 Å². The van der Waals surface area contributed by atoms with Gasteiger partial charge in [-0.2, -0.15) is 0 Å². The summed E-state index contributed by atoms with van der Waals surface area (Å²) < 4.78 is 29.8. The van der Waals surface area contributed by atoms with Crippen LogP contribution >= 0.6 is 43.8 Å². The minimum absolute atomic E-state index is 0.107. The summed E-state index contributed by atoms with van der Waals surface area (Å²) in [6, 6.07) is 11.3. The molecule has 0 aromatic heterocycles. The van der Waals surface area contributed by atoms with Crippen LogP contribution in [0.2, 0.25) is 0 Å². The van der Waals surface area contributed by atoms with E-state index in [0.717, 1.165) is 33.0 Å². The highest BCUT2D eigenvalue weighted by molar-refractivity contribution is 14.2. The molecule has 2 aromatic rings. The predicted octanol–water partition coefficient (Wildman–Crippen LogP) is 3.32. The second-order valence-corrected chi connectivity index (χ2v) is 14.0. The van der Waals surface area contributed by atoms with Gasteiger partial charge < -0.3 is 4.74 Å². The standard InChI is InChI=1S/C22H25I2N3O4S/c1-3-27(12-13-32(24,29)30)15-16-14-19(23)21(20-18(16)10-7-11-25-20)31-22(28)26(2)17-8-5-4-6-9-17/h4-6,8-10,14H,3,7,11-13,15H2,1-2H3. The van der Waals surface area contributed by atoms with Gasteiger partial charge in [-0.25, -0.2) is 13.2 Å². The Hall–Kier alpha value is -1.25. The summed E-state index contributed by atoms with van der Waals surface area (Å²) in [5.41, 5.74) is 1.79. The second kappa shape index (κ2) is 11.3. The first-order valence-corrected chi connectivity index (χ1v) is 15.5. The fourth-order valence-corrected chi connectivity index (χ4v) is 5.23.